The molecule has 1 aliphatic heterocycles. The van der Waals surface area contributed by atoms with Gasteiger partial charge in [0.15, 0.2) is 0 Å². The van der Waals surface area contributed by atoms with Gasteiger partial charge < -0.3 is 15.1 Å². The van der Waals surface area contributed by atoms with E-state index < -0.39 is 0 Å². The summed E-state index contributed by atoms with van der Waals surface area (Å²) in [6, 6.07) is 3.44. The Hall–Kier alpha value is -1.13. The largest absolute Gasteiger partial charge is 0.506 e. The number of aromatic nitrogens is 1. The van der Waals surface area contributed by atoms with Crippen LogP contribution in [0.4, 0.5) is 0 Å². The van der Waals surface area contributed by atoms with Crippen LogP contribution in [-0.2, 0) is 0 Å². The molecule has 0 aromatic carbocycles. The van der Waals surface area contributed by atoms with E-state index in [1.807, 2.05) is 13.8 Å². The molecule has 1 aromatic rings. The molecule has 1 unspecified atom stereocenters. The molecule has 0 saturated carbocycles. The maximum atomic E-state index is 9.63. The van der Waals surface area contributed by atoms with Crippen LogP contribution in [0.3, 0.4) is 0 Å². The van der Waals surface area contributed by atoms with E-state index in [1.165, 1.54) is 19.0 Å². The summed E-state index contributed by atoms with van der Waals surface area (Å²) >= 11 is 0. The lowest BCUT2D eigenvalue weighted by Crippen LogP contribution is -2.29. The van der Waals surface area contributed by atoms with Crippen molar-refractivity contribution in [2.75, 3.05) is 26.2 Å². The summed E-state index contributed by atoms with van der Waals surface area (Å²) in [5.41, 5.74) is 0.860. The molecule has 1 fully saturated rings. The molecule has 22 heavy (non-hydrogen) atoms. The number of pyridine rings is 1. The summed E-state index contributed by atoms with van der Waals surface area (Å²) in [7, 11) is 0. The Morgan fingerprint density at radius 3 is 2.18 bits per heavy atom. The fourth-order valence-corrected chi connectivity index (χ4v) is 3.31. The lowest BCUT2D eigenvalue weighted by atomic mass is 9.92. The second kappa shape index (κ2) is 9.80. The number of hydrogen-bond acceptors (Lipinski definition) is 4. The highest BCUT2D eigenvalue weighted by Gasteiger charge is 2.31. The van der Waals surface area contributed by atoms with Gasteiger partial charge in [-0.3, -0.25) is 4.98 Å². The summed E-state index contributed by atoms with van der Waals surface area (Å²) in [4.78, 5) is 6.69. The van der Waals surface area contributed by atoms with Crippen LogP contribution in [0.2, 0.25) is 0 Å². The average Bonchev–Trinajstić information content (AvgIpc) is 2.97. The maximum absolute atomic E-state index is 9.63. The van der Waals surface area contributed by atoms with E-state index in [2.05, 4.69) is 23.7 Å². The lowest BCUT2D eigenvalue weighted by Gasteiger charge is -2.22. The Balaban J connectivity index is 0.00000116. The van der Waals surface area contributed by atoms with Gasteiger partial charge in [-0.2, -0.15) is 0 Å². The molecule has 2 rings (SSSR count). The molecule has 0 amide bonds. The Kier molecular flexibility index (Phi) is 8.43. The summed E-state index contributed by atoms with van der Waals surface area (Å²) in [5.74, 6) is 1.77. The first kappa shape index (κ1) is 18.9. The van der Waals surface area contributed by atoms with Crippen LogP contribution in [0.1, 0.15) is 52.1 Å². The minimum atomic E-state index is 0.0312. The minimum Gasteiger partial charge on any atom is -0.506 e. The van der Waals surface area contributed by atoms with E-state index in [0.717, 1.165) is 37.2 Å². The van der Waals surface area contributed by atoms with Gasteiger partial charge in [0.2, 0.25) is 0 Å². The van der Waals surface area contributed by atoms with Gasteiger partial charge in [-0.1, -0.05) is 40.5 Å². The van der Waals surface area contributed by atoms with E-state index in [-0.39, 0.29) is 18.3 Å². The predicted molar refractivity (Wildman–Crippen MR) is 91.1 cm³/mol. The van der Waals surface area contributed by atoms with Crippen LogP contribution < -0.4 is 0 Å². The average molecular weight is 308 g/mol. The van der Waals surface area contributed by atoms with Gasteiger partial charge >= 0.3 is 0 Å². The van der Waals surface area contributed by atoms with E-state index in [4.69, 9.17) is 0 Å². The molecular formula is C18H32N2O2. The highest BCUT2D eigenvalue weighted by molar-refractivity contribution is 5.20. The second-order valence-electron chi connectivity index (χ2n) is 5.88. The molecule has 1 aromatic heterocycles. The molecule has 3 atom stereocenters. The summed E-state index contributed by atoms with van der Waals surface area (Å²) in [6.07, 6.45) is 3.91. The van der Waals surface area contributed by atoms with E-state index >= 15 is 0 Å². The number of aromatic hydroxyl groups is 1. The monoisotopic (exact) mass is 308 g/mol. The molecule has 126 valence electrons. The van der Waals surface area contributed by atoms with Gasteiger partial charge in [-0.15, -0.1) is 0 Å². The molecule has 2 N–H and O–H groups in total. The van der Waals surface area contributed by atoms with Crippen molar-refractivity contribution in [1.29, 1.82) is 0 Å². The van der Waals surface area contributed by atoms with Crippen molar-refractivity contribution in [3.63, 3.8) is 0 Å². The third-order valence-electron chi connectivity index (χ3n) is 4.59. The Morgan fingerprint density at radius 1 is 1.18 bits per heavy atom. The van der Waals surface area contributed by atoms with Crippen LogP contribution in [-0.4, -0.2) is 46.3 Å². The number of nitrogens with zero attached hydrogens (tertiary/aromatic N) is 2. The van der Waals surface area contributed by atoms with Gasteiger partial charge in [-0.05, 0) is 24.0 Å². The normalized spacial score (nSPS) is 23.0. The number of aliphatic hydroxyl groups is 1. The second-order valence-corrected chi connectivity index (χ2v) is 5.88. The van der Waals surface area contributed by atoms with E-state index in [0.29, 0.717) is 0 Å². The van der Waals surface area contributed by atoms with Crippen LogP contribution in [0.15, 0.2) is 18.3 Å². The van der Waals surface area contributed by atoms with Crippen molar-refractivity contribution in [3.05, 3.63) is 24.0 Å². The molecule has 1 aliphatic rings. The van der Waals surface area contributed by atoms with Crippen LogP contribution in [0.25, 0.3) is 0 Å². The summed E-state index contributed by atoms with van der Waals surface area (Å²) < 4.78 is 0. The van der Waals surface area contributed by atoms with Gasteiger partial charge in [0.25, 0.3) is 0 Å². The molecule has 0 radical (unpaired) electrons. The van der Waals surface area contributed by atoms with Gasteiger partial charge in [0.1, 0.15) is 5.75 Å². The minimum absolute atomic E-state index is 0.0312. The molecule has 0 spiro atoms. The Bertz CT molecular complexity index is 396. The van der Waals surface area contributed by atoms with Crippen molar-refractivity contribution in [3.8, 4) is 5.75 Å². The molecular weight excluding hydrogens is 276 g/mol. The fraction of sp³-hybridized carbons (Fsp3) is 0.722. The first-order valence-corrected chi connectivity index (χ1v) is 8.66. The number of rotatable bonds is 6. The standard InChI is InChI=1S/C16H26N2O2.C2H6/c1-3-12-8-18(9-13(12)4-2)10-14(11-19)16-6-5-15(20)7-17-16;1-2/h5-7,12-14,19-20H,3-4,8-11H2,1-2H3;1-2H3/t12-,13+,14?;. The highest BCUT2D eigenvalue weighted by Crippen LogP contribution is 2.30. The Labute approximate surface area is 135 Å². The number of hydrogen-bond donors (Lipinski definition) is 2. The van der Waals surface area contributed by atoms with Crippen LogP contribution in [0.5, 0.6) is 5.75 Å². The van der Waals surface area contributed by atoms with E-state index in [1.54, 1.807) is 12.1 Å². The molecule has 0 aliphatic carbocycles. The molecule has 4 nitrogen and oxygen atoms in total. The summed E-state index contributed by atoms with van der Waals surface area (Å²) in [5, 5.41) is 18.9. The zero-order valence-electron chi connectivity index (χ0n) is 14.5. The zero-order valence-corrected chi connectivity index (χ0v) is 14.5. The zero-order chi connectivity index (χ0) is 16.5. The predicted octanol–water partition coefficient (Wildman–Crippen LogP) is 3.26. The van der Waals surface area contributed by atoms with Gasteiger partial charge in [-0.25, -0.2) is 0 Å². The van der Waals surface area contributed by atoms with Crippen LogP contribution in [0, 0.1) is 11.8 Å². The topological polar surface area (TPSA) is 56.6 Å². The highest BCUT2D eigenvalue weighted by atomic mass is 16.3. The lowest BCUT2D eigenvalue weighted by molar-refractivity contribution is 0.213. The SMILES string of the molecule is CC.CC[C@@H]1CN(CC(CO)c2ccc(O)cn2)C[C@@H]1CC. The van der Waals surface area contributed by atoms with Gasteiger partial charge in [0.05, 0.1) is 12.8 Å². The fourth-order valence-electron chi connectivity index (χ4n) is 3.31. The summed E-state index contributed by atoms with van der Waals surface area (Å²) in [6.45, 7) is 11.7. The maximum Gasteiger partial charge on any atom is 0.133 e. The van der Waals surface area contributed by atoms with Crippen molar-refractivity contribution in [2.24, 2.45) is 11.8 Å². The van der Waals surface area contributed by atoms with Crippen molar-refractivity contribution in [1.82, 2.24) is 9.88 Å². The third-order valence-corrected chi connectivity index (χ3v) is 4.59. The molecule has 0 bridgehead atoms. The van der Waals surface area contributed by atoms with Crippen LogP contribution >= 0.6 is 0 Å². The third kappa shape index (κ3) is 4.96. The molecule has 4 heteroatoms. The smallest absolute Gasteiger partial charge is 0.133 e. The number of likely N-dealkylation sites (tertiary alicyclic amines) is 1. The first-order valence-electron chi connectivity index (χ1n) is 8.66. The van der Waals surface area contributed by atoms with E-state index in [9.17, 15) is 10.2 Å². The van der Waals surface area contributed by atoms with Crippen molar-refractivity contribution in [2.45, 2.75) is 46.5 Å². The van der Waals surface area contributed by atoms with Gasteiger partial charge in [0, 0.05) is 31.2 Å². The Morgan fingerprint density at radius 2 is 1.77 bits per heavy atom. The van der Waals surface area contributed by atoms with Crippen molar-refractivity contribution < 1.29 is 10.2 Å². The van der Waals surface area contributed by atoms with Crippen molar-refractivity contribution >= 4 is 0 Å². The quantitative estimate of drug-likeness (QED) is 0.847. The molecule has 2 heterocycles. The first-order chi connectivity index (χ1) is 10.7. The molecule has 1 saturated heterocycles. The number of aliphatic hydroxyl groups excluding tert-OH is 1.